The van der Waals surface area contributed by atoms with Crippen LogP contribution >= 0.6 is 11.8 Å². The van der Waals surface area contributed by atoms with Crippen LogP contribution in [0.1, 0.15) is 5.56 Å². The molecule has 2 rings (SSSR count). The first-order valence-corrected chi connectivity index (χ1v) is 5.91. The molecule has 0 saturated carbocycles. The first kappa shape index (κ1) is 13.0. The highest BCUT2D eigenvalue weighted by atomic mass is 32.2. The van der Waals surface area contributed by atoms with Gasteiger partial charge in [0.15, 0.2) is 0 Å². The first-order valence-electron chi connectivity index (χ1n) is 5.10. The number of pyridine rings is 1. The summed E-state index contributed by atoms with van der Waals surface area (Å²) in [6.45, 7) is -0.0673. The zero-order chi connectivity index (χ0) is 13.7. The van der Waals surface area contributed by atoms with Crippen LogP contribution in [0.4, 0.5) is 0 Å². The Bertz CT molecular complexity index is 618. The summed E-state index contributed by atoms with van der Waals surface area (Å²) in [5.41, 5.74) is 0.471. The van der Waals surface area contributed by atoms with Crippen LogP contribution in [-0.4, -0.2) is 38.3 Å². The van der Waals surface area contributed by atoms with Crippen LogP contribution < -0.4 is 0 Å². The van der Waals surface area contributed by atoms with Crippen molar-refractivity contribution in [2.45, 2.75) is 16.7 Å². The van der Waals surface area contributed by atoms with Crippen LogP contribution in [0.5, 0.6) is 0 Å². The number of methoxy groups -OCH3 is 1. The molecule has 0 radical (unpaired) electrons. The van der Waals surface area contributed by atoms with Gasteiger partial charge in [0.2, 0.25) is 5.16 Å². The van der Waals surface area contributed by atoms with Gasteiger partial charge in [0.05, 0.1) is 12.7 Å². The summed E-state index contributed by atoms with van der Waals surface area (Å²) in [6, 6.07) is 5.30. The van der Waals surface area contributed by atoms with E-state index >= 15 is 0 Å². The fourth-order valence-electron chi connectivity index (χ4n) is 1.16. The second-order valence-electron chi connectivity index (χ2n) is 3.29. The van der Waals surface area contributed by atoms with Crippen LogP contribution in [0.25, 0.3) is 0 Å². The van der Waals surface area contributed by atoms with E-state index in [0.717, 1.165) is 0 Å². The second kappa shape index (κ2) is 5.92. The van der Waals surface area contributed by atoms with E-state index in [9.17, 15) is 4.79 Å². The van der Waals surface area contributed by atoms with E-state index in [1.54, 1.807) is 12.1 Å². The number of hydrogen-bond donors (Lipinski definition) is 0. The molecule has 8 nitrogen and oxygen atoms in total. The monoisotopic (exact) mass is 276 g/mol. The number of esters is 1. The Morgan fingerprint density at radius 1 is 1.58 bits per heavy atom. The molecule has 0 aliphatic heterocycles. The number of aromatic nitrogens is 5. The maximum absolute atomic E-state index is 11.2. The SMILES string of the molecule is COC(=O)Cn1nnnc1Sc1ccc(C#N)cn1. The maximum Gasteiger partial charge on any atom is 0.327 e. The molecule has 0 bridgehead atoms. The van der Waals surface area contributed by atoms with Gasteiger partial charge in [-0.15, -0.1) is 5.10 Å². The molecular formula is C10H8N6O2S. The van der Waals surface area contributed by atoms with Crippen molar-refractivity contribution in [3.05, 3.63) is 23.9 Å². The van der Waals surface area contributed by atoms with E-state index in [1.165, 1.54) is 29.8 Å². The normalized spacial score (nSPS) is 9.89. The Morgan fingerprint density at radius 2 is 2.42 bits per heavy atom. The van der Waals surface area contributed by atoms with Gasteiger partial charge in [0.1, 0.15) is 17.6 Å². The van der Waals surface area contributed by atoms with Crippen molar-refractivity contribution in [1.82, 2.24) is 25.2 Å². The Balaban J connectivity index is 2.12. The molecule has 0 fully saturated rings. The van der Waals surface area contributed by atoms with Gasteiger partial charge in [-0.25, -0.2) is 9.67 Å². The molecule has 19 heavy (non-hydrogen) atoms. The first-order chi connectivity index (χ1) is 9.22. The fourth-order valence-corrected chi connectivity index (χ4v) is 1.87. The summed E-state index contributed by atoms with van der Waals surface area (Å²) in [6.07, 6.45) is 1.46. The molecule has 2 aromatic rings. The lowest BCUT2D eigenvalue weighted by molar-refractivity contribution is -0.141. The Labute approximate surface area is 112 Å². The standard InChI is InChI=1S/C10H8N6O2S/c1-18-9(17)6-16-10(13-14-15-16)19-8-3-2-7(4-11)5-12-8/h2-3,5H,6H2,1H3. The summed E-state index contributed by atoms with van der Waals surface area (Å²) < 4.78 is 5.86. The molecular weight excluding hydrogens is 268 g/mol. The molecule has 96 valence electrons. The number of hydrogen-bond acceptors (Lipinski definition) is 8. The van der Waals surface area contributed by atoms with Gasteiger partial charge >= 0.3 is 5.97 Å². The number of ether oxygens (including phenoxy) is 1. The molecule has 0 aliphatic rings. The molecule has 0 aliphatic carbocycles. The predicted molar refractivity (Wildman–Crippen MR) is 62.9 cm³/mol. The summed E-state index contributed by atoms with van der Waals surface area (Å²) in [4.78, 5) is 15.2. The van der Waals surface area contributed by atoms with Crippen molar-refractivity contribution in [1.29, 1.82) is 5.26 Å². The van der Waals surface area contributed by atoms with E-state index < -0.39 is 5.97 Å². The van der Waals surface area contributed by atoms with Crippen LogP contribution in [-0.2, 0) is 16.1 Å². The van der Waals surface area contributed by atoms with Crippen molar-refractivity contribution in [3.63, 3.8) is 0 Å². The lowest BCUT2D eigenvalue weighted by Crippen LogP contribution is -2.13. The smallest absolute Gasteiger partial charge is 0.327 e. The second-order valence-corrected chi connectivity index (χ2v) is 4.28. The number of rotatable bonds is 4. The maximum atomic E-state index is 11.2. The minimum atomic E-state index is -0.443. The zero-order valence-electron chi connectivity index (χ0n) is 9.85. The molecule has 0 amide bonds. The molecule has 0 N–H and O–H groups in total. The van der Waals surface area contributed by atoms with E-state index in [0.29, 0.717) is 15.7 Å². The highest BCUT2D eigenvalue weighted by molar-refractivity contribution is 7.99. The Kier molecular flexibility index (Phi) is 4.04. The number of carbonyl (C=O) groups is 1. The van der Waals surface area contributed by atoms with Gasteiger partial charge in [-0.1, -0.05) is 0 Å². The van der Waals surface area contributed by atoms with Crippen molar-refractivity contribution in [3.8, 4) is 6.07 Å². The Hall–Kier alpha value is -2.47. The molecule has 2 aromatic heterocycles. The molecule has 0 aromatic carbocycles. The van der Waals surface area contributed by atoms with Crippen molar-refractivity contribution in [2.75, 3.05) is 7.11 Å². The van der Waals surface area contributed by atoms with Gasteiger partial charge in [0, 0.05) is 6.20 Å². The largest absolute Gasteiger partial charge is 0.468 e. The lowest BCUT2D eigenvalue weighted by atomic mass is 10.3. The van der Waals surface area contributed by atoms with Gasteiger partial charge in [0.25, 0.3) is 0 Å². The Morgan fingerprint density at radius 3 is 3.05 bits per heavy atom. The van der Waals surface area contributed by atoms with Crippen LogP contribution in [0, 0.1) is 11.3 Å². The summed E-state index contributed by atoms with van der Waals surface area (Å²) in [7, 11) is 1.29. The van der Waals surface area contributed by atoms with Crippen LogP contribution in [0.3, 0.4) is 0 Å². The minimum Gasteiger partial charge on any atom is -0.468 e. The number of carbonyl (C=O) groups excluding carboxylic acids is 1. The van der Waals surface area contributed by atoms with Gasteiger partial charge < -0.3 is 4.74 Å². The number of nitrogens with zero attached hydrogens (tertiary/aromatic N) is 6. The average molecular weight is 276 g/mol. The van der Waals surface area contributed by atoms with Crippen LogP contribution in [0.2, 0.25) is 0 Å². The minimum absolute atomic E-state index is 0.0673. The molecule has 0 spiro atoms. The zero-order valence-corrected chi connectivity index (χ0v) is 10.7. The number of tetrazole rings is 1. The predicted octanol–water partition coefficient (Wildman–Crippen LogP) is 0.264. The molecule has 2 heterocycles. The summed E-state index contributed by atoms with van der Waals surface area (Å²) in [5.74, 6) is -0.443. The van der Waals surface area contributed by atoms with Gasteiger partial charge in [-0.3, -0.25) is 4.79 Å². The molecule has 0 unspecified atom stereocenters. The lowest BCUT2D eigenvalue weighted by Gasteiger charge is -2.02. The summed E-state index contributed by atoms with van der Waals surface area (Å²) >= 11 is 1.19. The van der Waals surface area contributed by atoms with Gasteiger partial charge in [-0.2, -0.15) is 5.26 Å². The third-order valence-corrected chi connectivity index (χ3v) is 2.99. The van der Waals surface area contributed by atoms with E-state index in [-0.39, 0.29) is 6.54 Å². The quantitative estimate of drug-likeness (QED) is 0.732. The molecule has 0 saturated heterocycles. The number of nitriles is 1. The van der Waals surface area contributed by atoms with Crippen molar-refractivity contribution >= 4 is 17.7 Å². The van der Waals surface area contributed by atoms with E-state index in [1.807, 2.05) is 6.07 Å². The van der Waals surface area contributed by atoms with Crippen molar-refractivity contribution < 1.29 is 9.53 Å². The fraction of sp³-hybridized carbons (Fsp3) is 0.200. The molecule has 0 atom stereocenters. The van der Waals surface area contributed by atoms with Crippen LogP contribution in [0.15, 0.2) is 28.5 Å². The van der Waals surface area contributed by atoms with E-state index in [2.05, 4.69) is 25.2 Å². The summed E-state index contributed by atoms with van der Waals surface area (Å²) in [5, 5.41) is 20.7. The van der Waals surface area contributed by atoms with Crippen molar-refractivity contribution in [2.24, 2.45) is 0 Å². The third kappa shape index (κ3) is 3.26. The average Bonchev–Trinajstić information content (AvgIpc) is 2.86. The topological polar surface area (TPSA) is 107 Å². The van der Waals surface area contributed by atoms with E-state index in [4.69, 9.17) is 5.26 Å². The third-order valence-electron chi connectivity index (χ3n) is 2.07. The highest BCUT2D eigenvalue weighted by Crippen LogP contribution is 2.22. The van der Waals surface area contributed by atoms with Gasteiger partial charge in [-0.05, 0) is 34.3 Å². The highest BCUT2D eigenvalue weighted by Gasteiger charge is 2.12. The molecule has 9 heteroatoms.